The molecule has 0 saturated carbocycles. The molecule has 1 nitrogen and oxygen atoms in total. The van der Waals surface area contributed by atoms with E-state index in [-0.39, 0.29) is 6.42 Å². The molecule has 0 unspecified atom stereocenters. The summed E-state index contributed by atoms with van der Waals surface area (Å²) < 4.78 is 35.3. The minimum Gasteiger partial charge on any atom is -0.299 e. The highest BCUT2D eigenvalue weighted by Crippen LogP contribution is 2.21. The molecule has 0 saturated heterocycles. The van der Waals surface area contributed by atoms with E-state index in [0.29, 0.717) is 6.42 Å². The summed E-state index contributed by atoms with van der Waals surface area (Å²) in [7, 11) is 0. The third-order valence-corrected chi connectivity index (χ3v) is 2.56. The number of halogens is 3. The van der Waals surface area contributed by atoms with Gasteiger partial charge < -0.3 is 0 Å². The molecule has 1 rings (SSSR count). The van der Waals surface area contributed by atoms with Crippen molar-refractivity contribution >= 4 is 17.1 Å². The number of hydrogen-bond donors (Lipinski definition) is 0. The van der Waals surface area contributed by atoms with E-state index in [1.54, 1.807) is 0 Å². The molecule has 0 fully saturated rings. The molecule has 0 aliphatic heterocycles. The average Bonchev–Trinajstić information content (AvgIpc) is 2.49. The first kappa shape index (κ1) is 11.2. The van der Waals surface area contributed by atoms with Crippen molar-refractivity contribution in [3.05, 3.63) is 22.4 Å². The minimum absolute atomic E-state index is 0.0278. The molecule has 0 aromatic carbocycles. The van der Waals surface area contributed by atoms with Gasteiger partial charge in [-0.2, -0.15) is 13.2 Å². The van der Waals surface area contributed by atoms with Crippen molar-refractivity contribution in [1.29, 1.82) is 0 Å². The highest BCUT2D eigenvalue weighted by atomic mass is 32.1. The third-order valence-electron chi connectivity index (χ3n) is 1.63. The number of thiophene rings is 1. The van der Waals surface area contributed by atoms with Crippen LogP contribution in [0.2, 0.25) is 0 Å². The molecular weight excluding hydrogens is 213 g/mol. The first-order valence-electron chi connectivity index (χ1n) is 4.08. The zero-order valence-electron chi connectivity index (χ0n) is 7.30. The Morgan fingerprint density at radius 1 is 1.43 bits per heavy atom. The van der Waals surface area contributed by atoms with Crippen molar-refractivity contribution in [2.24, 2.45) is 0 Å². The van der Waals surface area contributed by atoms with Crippen LogP contribution in [0, 0.1) is 0 Å². The Morgan fingerprint density at radius 2 is 2.14 bits per heavy atom. The third kappa shape index (κ3) is 4.41. The van der Waals surface area contributed by atoms with E-state index in [1.165, 1.54) is 11.3 Å². The van der Waals surface area contributed by atoms with Crippen LogP contribution in [0.3, 0.4) is 0 Å². The zero-order chi connectivity index (χ0) is 10.6. The van der Waals surface area contributed by atoms with Gasteiger partial charge in [0.15, 0.2) is 0 Å². The van der Waals surface area contributed by atoms with E-state index in [2.05, 4.69) is 0 Å². The van der Waals surface area contributed by atoms with Gasteiger partial charge in [-0.05, 0) is 17.9 Å². The molecule has 14 heavy (non-hydrogen) atoms. The van der Waals surface area contributed by atoms with Crippen molar-refractivity contribution in [1.82, 2.24) is 0 Å². The van der Waals surface area contributed by atoms with Gasteiger partial charge in [0, 0.05) is 11.3 Å². The van der Waals surface area contributed by atoms with Crippen LogP contribution in [0.25, 0.3) is 0 Å². The van der Waals surface area contributed by atoms with Gasteiger partial charge in [-0.1, -0.05) is 6.07 Å². The topological polar surface area (TPSA) is 17.1 Å². The first-order valence-corrected chi connectivity index (χ1v) is 4.96. The fourth-order valence-corrected chi connectivity index (χ4v) is 1.74. The lowest BCUT2D eigenvalue weighted by atomic mass is 10.1. The van der Waals surface area contributed by atoms with Gasteiger partial charge in [-0.15, -0.1) is 11.3 Å². The van der Waals surface area contributed by atoms with Crippen molar-refractivity contribution in [2.45, 2.75) is 25.4 Å². The summed E-state index contributed by atoms with van der Waals surface area (Å²) in [6.07, 6.45) is -5.29. The summed E-state index contributed by atoms with van der Waals surface area (Å²) in [6.45, 7) is 0. The van der Waals surface area contributed by atoms with E-state index in [9.17, 15) is 18.0 Å². The van der Waals surface area contributed by atoms with Crippen LogP contribution in [0.5, 0.6) is 0 Å². The Balaban J connectivity index is 2.29. The lowest BCUT2D eigenvalue weighted by Crippen LogP contribution is -2.15. The van der Waals surface area contributed by atoms with E-state index in [1.807, 2.05) is 17.5 Å². The molecule has 1 aromatic heterocycles. The van der Waals surface area contributed by atoms with Gasteiger partial charge in [0.05, 0.1) is 0 Å². The standard InChI is InChI=1S/C9H9F3OS/c10-9(11,12)6-7(13)3-4-8-2-1-5-14-8/h1-2,5H,3-4,6H2. The average molecular weight is 222 g/mol. The summed E-state index contributed by atoms with van der Waals surface area (Å²) >= 11 is 1.45. The van der Waals surface area contributed by atoms with Crippen LogP contribution in [0.1, 0.15) is 17.7 Å². The second-order valence-corrected chi connectivity index (χ2v) is 3.94. The van der Waals surface area contributed by atoms with Crippen LogP contribution < -0.4 is 0 Å². The van der Waals surface area contributed by atoms with Crippen molar-refractivity contribution in [3.63, 3.8) is 0 Å². The second-order valence-electron chi connectivity index (χ2n) is 2.91. The summed E-state index contributed by atoms with van der Waals surface area (Å²) in [6, 6.07) is 3.62. The summed E-state index contributed by atoms with van der Waals surface area (Å²) in [5, 5.41) is 1.84. The Morgan fingerprint density at radius 3 is 2.64 bits per heavy atom. The van der Waals surface area contributed by atoms with Crippen molar-refractivity contribution in [3.8, 4) is 0 Å². The van der Waals surface area contributed by atoms with E-state index < -0.39 is 18.4 Å². The molecular formula is C9H9F3OS. The molecule has 0 bridgehead atoms. The van der Waals surface area contributed by atoms with Gasteiger partial charge in [0.25, 0.3) is 0 Å². The lowest BCUT2D eigenvalue weighted by Gasteiger charge is -2.04. The van der Waals surface area contributed by atoms with E-state index >= 15 is 0 Å². The highest BCUT2D eigenvalue weighted by Gasteiger charge is 2.30. The van der Waals surface area contributed by atoms with Gasteiger partial charge in [-0.3, -0.25) is 4.79 Å². The SMILES string of the molecule is O=C(CCc1cccs1)CC(F)(F)F. The quantitative estimate of drug-likeness (QED) is 0.764. The van der Waals surface area contributed by atoms with Gasteiger partial charge in [0.2, 0.25) is 0 Å². The fraction of sp³-hybridized carbons (Fsp3) is 0.444. The largest absolute Gasteiger partial charge is 0.395 e. The Labute approximate surface area is 83.6 Å². The number of aryl methyl sites for hydroxylation is 1. The summed E-state index contributed by atoms with van der Waals surface area (Å²) in [5.41, 5.74) is 0. The van der Waals surface area contributed by atoms with Crippen LogP contribution >= 0.6 is 11.3 Å². The maximum absolute atomic E-state index is 11.8. The zero-order valence-corrected chi connectivity index (χ0v) is 8.12. The molecule has 1 aromatic rings. The number of carbonyl (C=O) groups is 1. The predicted molar refractivity (Wildman–Crippen MR) is 48.3 cm³/mol. The van der Waals surface area contributed by atoms with Crippen molar-refractivity contribution in [2.75, 3.05) is 0 Å². The van der Waals surface area contributed by atoms with E-state index in [4.69, 9.17) is 0 Å². The Kier molecular flexibility index (Phi) is 3.69. The maximum Gasteiger partial charge on any atom is 0.395 e. The Bertz CT molecular complexity index is 290. The van der Waals surface area contributed by atoms with Crippen molar-refractivity contribution < 1.29 is 18.0 Å². The van der Waals surface area contributed by atoms with Crippen LogP contribution in [-0.2, 0) is 11.2 Å². The minimum atomic E-state index is -4.37. The molecule has 0 aliphatic carbocycles. The van der Waals surface area contributed by atoms with Gasteiger partial charge in [0.1, 0.15) is 12.2 Å². The van der Waals surface area contributed by atoms with Gasteiger partial charge >= 0.3 is 6.18 Å². The maximum atomic E-state index is 11.8. The monoisotopic (exact) mass is 222 g/mol. The van der Waals surface area contributed by atoms with Crippen LogP contribution in [0.15, 0.2) is 17.5 Å². The molecule has 5 heteroatoms. The highest BCUT2D eigenvalue weighted by molar-refractivity contribution is 7.09. The molecule has 0 radical (unpaired) electrons. The van der Waals surface area contributed by atoms with Crippen LogP contribution in [0.4, 0.5) is 13.2 Å². The smallest absolute Gasteiger partial charge is 0.299 e. The molecule has 0 atom stereocenters. The first-order chi connectivity index (χ1) is 6.47. The molecule has 78 valence electrons. The molecule has 0 N–H and O–H groups in total. The molecule has 0 spiro atoms. The number of rotatable bonds is 4. The summed E-state index contributed by atoms with van der Waals surface area (Å²) in [4.78, 5) is 11.8. The van der Waals surface area contributed by atoms with E-state index in [0.717, 1.165) is 4.88 Å². The molecule has 0 aliphatic rings. The second kappa shape index (κ2) is 4.59. The predicted octanol–water partition coefficient (Wildman–Crippen LogP) is 3.20. The number of Topliss-reactive ketones (excluding diaryl/α,β-unsaturated/α-hetero) is 1. The number of alkyl halides is 3. The Hall–Kier alpha value is -0.840. The molecule has 0 amide bonds. The van der Waals surface area contributed by atoms with Crippen LogP contribution in [-0.4, -0.2) is 12.0 Å². The number of ketones is 1. The van der Waals surface area contributed by atoms with Gasteiger partial charge in [-0.25, -0.2) is 0 Å². The fourth-order valence-electron chi connectivity index (χ4n) is 1.03. The molecule has 1 heterocycles. The number of carbonyl (C=O) groups excluding carboxylic acids is 1. The normalized spacial score (nSPS) is 11.6. The summed E-state index contributed by atoms with van der Waals surface area (Å²) in [5.74, 6) is -0.745. The lowest BCUT2D eigenvalue weighted by molar-refractivity contribution is -0.152. The number of hydrogen-bond acceptors (Lipinski definition) is 2.